The van der Waals surface area contributed by atoms with Gasteiger partial charge in [0.2, 0.25) is 0 Å². The monoisotopic (exact) mass is 474 g/mol. The Hall–Kier alpha value is -2.32. The van der Waals surface area contributed by atoms with E-state index in [2.05, 4.69) is 23.9 Å². The fraction of sp³-hybridized carbons (Fsp3) is 0.692. The van der Waals surface area contributed by atoms with Crippen molar-refractivity contribution in [2.24, 2.45) is 17.8 Å². The summed E-state index contributed by atoms with van der Waals surface area (Å²) in [5, 5.41) is 4.96. The van der Waals surface area contributed by atoms with Crippen LogP contribution in [0.1, 0.15) is 46.0 Å². The summed E-state index contributed by atoms with van der Waals surface area (Å²) < 4.78 is 28.3. The lowest BCUT2D eigenvalue weighted by Crippen LogP contribution is -2.36. The van der Waals surface area contributed by atoms with E-state index < -0.39 is 0 Å². The number of piperidine rings is 1. The van der Waals surface area contributed by atoms with Crippen LogP contribution in [-0.2, 0) is 14.3 Å². The van der Waals surface area contributed by atoms with Crippen molar-refractivity contribution in [2.75, 3.05) is 52.7 Å². The van der Waals surface area contributed by atoms with Crippen LogP contribution >= 0.6 is 0 Å². The highest BCUT2D eigenvalue weighted by Gasteiger charge is 2.24. The van der Waals surface area contributed by atoms with Gasteiger partial charge in [0.05, 0.1) is 25.7 Å². The Morgan fingerprint density at radius 2 is 1.94 bits per heavy atom. The first-order valence-electron chi connectivity index (χ1n) is 12.7. The molecule has 0 aliphatic carbocycles. The molecule has 1 aromatic heterocycles. The van der Waals surface area contributed by atoms with Crippen LogP contribution in [0.3, 0.4) is 0 Å². The van der Waals surface area contributed by atoms with Crippen LogP contribution in [0, 0.1) is 17.8 Å². The smallest absolute Gasteiger partial charge is 0.309 e. The normalized spacial score (nSPS) is 18.4. The molecule has 3 heterocycles. The first-order valence-corrected chi connectivity index (χ1v) is 12.7. The zero-order chi connectivity index (χ0) is 23.8. The average molecular weight is 475 g/mol. The summed E-state index contributed by atoms with van der Waals surface area (Å²) in [6.07, 6.45) is 4.60. The zero-order valence-corrected chi connectivity index (χ0v) is 20.5. The van der Waals surface area contributed by atoms with Gasteiger partial charge in [0.25, 0.3) is 5.88 Å². The molecule has 2 aliphatic rings. The highest BCUT2D eigenvalue weighted by Crippen LogP contribution is 2.34. The highest BCUT2D eigenvalue weighted by molar-refractivity contribution is 5.88. The number of rotatable bonds is 11. The fourth-order valence-corrected chi connectivity index (χ4v) is 4.49. The van der Waals surface area contributed by atoms with Crippen LogP contribution < -0.4 is 9.47 Å². The van der Waals surface area contributed by atoms with E-state index in [1.807, 2.05) is 18.2 Å². The molecule has 0 bridgehead atoms. The van der Waals surface area contributed by atoms with Crippen molar-refractivity contribution in [2.45, 2.75) is 46.0 Å². The average Bonchev–Trinajstić information content (AvgIpc) is 3.29. The summed E-state index contributed by atoms with van der Waals surface area (Å²) in [4.78, 5) is 14.6. The standard InChI is InChI=1S/C26H38N2O6/c1-19(2)17-32-22-5-3-6-23-24(22)25(27-34-23)33-18-20-7-12-28(13-8-20)11-4-14-31-26(29)21-9-15-30-16-10-21/h3,5-6,19-21H,4,7-18H2,1-2H3. The number of aromatic nitrogens is 1. The van der Waals surface area contributed by atoms with E-state index in [1.54, 1.807) is 0 Å². The molecule has 4 rings (SSSR count). The molecule has 0 saturated carbocycles. The molecule has 0 unspecified atom stereocenters. The third-order valence-electron chi connectivity index (χ3n) is 6.58. The molecule has 2 saturated heterocycles. The number of ether oxygens (including phenoxy) is 4. The van der Waals surface area contributed by atoms with Crippen LogP contribution in [0.2, 0.25) is 0 Å². The molecule has 1 aromatic carbocycles. The SMILES string of the molecule is CC(C)COc1cccc2onc(OCC3CCN(CCCOC(=O)C4CCOCC4)CC3)c12. The topological polar surface area (TPSA) is 83.3 Å². The molecule has 0 N–H and O–H groups in total. The third kappa shape index (κ3) is 6.85. The quantitative estimate of drug-likeness (QED) is 0.352. The maximum atomic E-state index is 12.1. The van der Waals surface area contributed by atoms with Gasteiger partial charge in [-0.15, -0.1) is 0 Å². The molecule has 0 spiro atoms. The van der Waals surface area contributed by atoms with E-state index in [9.17, 15) is 4.79 Å². The zero-order valence-electron chi connectivity index (χ0n) is 20.5. The van der Waals surface area contributed by atoms with Crippen molar-refractivity contribution in [3.8, 4) is 11.6 Å². The Morgan fingerprint density at radius 1 is 1.15 bits per heavy atom. The van der Waals surface area contributed by atoms with E-state index in [-0.39, 0.29) is 11.9 Å². The number of hydrogen-bond donors (Lipinski definition) is 0. The molecule has 8 nitrogen and oxygen atoms in total. The Labute approximate surface area is 201 Å². The van der Waals surface area contributed by atoms with Gasteiger partial charge < -0.3 is 28.4 Å². The minimum atomic E-state index is -0.0581. The number of carbonyl (C=O) groups excluding carboxylic acids is 1. The second-order valence-corrected chi connectivity index (χ2v) is 9.83. The molecule has 0 radical (unpaired) electrons. The maximum absolute atomic E-state index is 12.1. The van der Waals surface area contributed by atoms with Gasteiger partial charge in [0.15, 0.2) is 5.58 Å². The van der Waals surface area contributed by atoms with Crippen molar-refractivity contribution in [3.63, 3.8) is 0 Å². The maximum Gasteiger partial charge on any atom is 0.309 e. The Bertz CT molecular complexity index is 900. The molecule has 0 atom stereocenters. The second-order valence-electron chi connectivity index (χ2n) is 9.83. The number of carbonyl (C=O) groups is 1. The molecule has 34 heavy (non-hydrogen) atoms. The predicted octanol–water partition coefficient (Wildman–Crippen LogP) is 4.31. The predicted molar refractivity (Wildman–Crippen MR) is 128 cm³/mol. The molecule has 2 aliphatic heterocycles. The largest absolute Gasteiger partial charge is 0.492 e. The molecule has 2 fully saturated rings. The third-order valence-corrected chi connectivity index (χ3v) is 6.58. The van der Waals surface area contributed by atoms with Crippen molar-refractivity contribution in [1.29, 1.82) is 0 Å². The Balaban J connectivity index is 1.16. The van der Waals surface area contributed by atoms with Gasteiger partial charge in [-0.3, -0.25) is 4.79 Å². The summed E-state index contributed by atoms with van der Waals surface area (Å²) in [5.41, 5.74) is 0.684. The Morgan fingerprint density at radius 3 is 2.71 bits per heavy atom. The minimum absolute atomic E-state index is 0.0178. The van der Waals surface area contributed by atoms with E-state index in [0.717, 1.165) is 62.9 Å². The van der Waals surface area contributed by atoms with E-state index in [1.165, 1.54) is 0 Å². The summed E-state index contributed by atoms with van der Waals surface area (Å²) >= 11 is 0. The van der Waals surface area contributed by atoms with Crippen LogP contribution in [0.25, 0.3) is 11.0 Å². The first-order chi connectivity index (χ1) is 16.6. The lowest BCUT2D eigenvalue weighted by molar-refractivity contribution is -0.151. The van der Waals surface area contributed by atoms with Crippen LogP contribution in [0.15, 0.2) is 22.7 Å². The van der Waals surface area contributed by atoms with E-state index >= 15 is 0 Å². The summed E-state index contributed by atoms with van der Waals surface area (Å²) in [7, 11) is 0. The van der Waals surface area contributed by atoms with Gasteiger partial charge in [-0.05, 0) is 74.3 Å². The van der Waals surface area contributed by atoms with Gasteiger partial charge in [-0.1, -0.05) is 19.9 Å². The lowest BCUT2D eigenvalue weighted by Gasteiger charge is -2.31. The summed E-state index contributed by atoms with van der Waals surface area (Å²) in [6, 6.07) is 5.74. The van der Waals surface area contributed by atoms with Crippen molar-refractivity contribution in [1.82, 2.24) is 10.1 Å². The molecule has 8 heteroatoms. The van der Waals surface area contributed by atoms with Gasteiger partial charge in [0.1, 0.15) is 11.1 Å². The molecule has 2 aromatic rings. The number of nitrogens with zero attached hydrogens (tertiary/aromatic N) is 2. The molecular formula is C26H38N2O6. The number of hydrogen-bond acceptors (Lipinski definition) is 8. The second kappa shape index (κ2) is 12.4. The number of fused-ring (bicyclic) bond motifs is 1. The summed E-state index contributed by atoms with van der Waals surface area (Å²) in [6.45, 7) is 10.4. The lowest BCUT2D eigenvalue weighted by atomic mass is 9.98. The van der Waals surface area contributed by atoms with Crippen LogP contribution in [-0.4, -0.2) is 68.7 Å². The van der Waals surface area contributed by atoms with Crippen LogP contribution in [0.5, 0.6) is 11.6 Å². The van der Waals surface area contributed by atoms with Crippen molar-refractivity contribution >= 4 is 16.9 Å². The van der Waals surface area contributed by atoms with Crippen LogP contribution in [0.4, 0.5) is 0 Å². The van der Waals surface area contributed by atoms with Crippen molar-refractivity contribution in [3.05, 3.63) is 18.2 Å². The number of benzene rings is 1. The van der Waals surface area contributed by atoms with E-state index in [4.69, 9.17) is 23.5 Å². The molecule has 188 valence electrons. The van der Waals surface area contributed by atoms with Crippen molar-refractivity contribution < 1.29 is 28.3 Å². The fourth-order valence-electron chi connectivity index (χ4n) is 4.49. The Kier molecular flexibility index (Phi) is 9.04. The first kappa shape index (κ1) is 24.8. The highest BCUT2D eigenvalue weighted by atomic mass is 16.5. The van der Waals surface area contributed by atoms with Gasteiger partial charge in [-0.25, -0.2) is 0 Å². The van der Waals surface area contributed by atoms with E-state index in [0.29, 0.717) is 56.3 Å². The summed E-state index contributed by atoms with van der Waals surface area (Å²) in [5.74, 6) is 2.15. The minimum Gasteiger partial charge on any atom is -0.492 e. The number of likely N-dealkylation sites (tertiary alicyclic amines) is 1. The molecular weight excluding hydrogens is 436 g/mol. The molecule has 0 amide bonds. The van der Waals surface area contributed by atoms with Gasteiger partial charge in [0, 0.05) is 19.8 Å². The number of esters is 1. The van der Waals surface area contributed by atoms with Gasteiger partial charge in [-0.2, -0.15) is 0 Å². The van der Waals surface area contributed by atoms with Gasteiger partial charge >= 0.3 is 5.97 Å².